The molecule has 3 fully saturated rings. The molecule has 2 unspecified atom stereocenters. The van der Waals surface area contributed by atoms with Gasteiger partial charge in [0.15, 0.2) is 5.13 Å². The number of aryl methyl sites for hydroxylation is 1. The van der Waals surface area contributed by atoms with E-state index in [2.05, 4.69) is 40.3 Å². The minimum Gasteiger partial charge on any atom is -0.488 e. The Bertz CT molecular complexity index is 1410. The number of aromatic nitrogens is 1. The molecule has 0 amide bonds. The summed E-state index contributed by atoms with van der Waals surface area (Å²) in [6.07, 6.45) is 1.95. The third kappa shape index (κ3) is 5.57. The Morgan fingerprint density at radius 1 is 1.18 bits per heavy atom. The number of hydrogen-bond donors (Lipinski definition) is 1. The minimum atomic E-state index is -0.653. The molecule has 3 atom stereocenters. The second-order valence-electron chi connectivity index (χ2n) is 11.2. The van der Waals surface area contributed by atoms with E-state index in [1.165, 1.54) is 0 Å². The van der Waals surface area contributed by atoms with Crippen LogP contribution in [-0.2, 0) is 22.7 Å². The first-order valence-electron chi connectivity index (χ1n) is 14.0. The third-order valence-corrected chi connectivity index (χ3v) is 9.38. The molecule has 3 aromatic rings. The molecule has 2 bridgehead atoms. The SMILES string of the molecule is Cc1ccc(OCc2ccc(CN3CCOCC3)cc2C#N)c(-c2csc(N3CC4CC[C@@H](C3)C4C(=O)O)n2)c1. The summed E-state index contributed by atoms with van der Waals surface area (Å²) < 4.78 is 11.8. The Morgan fingerprint density at radius 3 is 2.67 bits per heavy atom. The number of anilines is 1. The van der Waals surface area contributed by atoms with Crippen molar-refractivity contribution in [1.82, 2.24) is 9.88 Å². The highest BCUT2D eigenvalue weighted by Gasteiger charge is 2.46. The van der Waals surface area contributed by atoms with Gasteiger partial charge in [-0.25, -0.2) is 4.98 Å². The van der Waals surface area contributed by atoms with Gasteiger partial charge in [0.1, 0.15) is 12.4 Å². The molecular formula is C31H34N4O4S. The van der Waals surface area contributed by atoms with Crippen LogP contribution in [0.15, 0.2) is 41.8 Å². The van der Waals surface area contributed by atoms with Crippen molar-refractivity contribution in [2.75, 3.05) is 44.3 Å². The largest absolute Gasteiger partial charge is 0.488 e. The van der Waals surface area contributed by atoms with Crippen LogP contribution in [0.25, 0.3) is 11.3 Å². The number of thiazole rings is 1. The van der Waals surface area contributed by atoms with Gasteiger partial charge >= 0.3 is 5.97 Å². The highest BCUT2D eigenvalue weighted by Crippen LogP contribution is 2.44. The molecule has 2 aromatic carbocycles. The van der Waals surface area contributed by atoms with Crippen LogP contribution in [0, 0.1) is 36.0 Å². The van der Waals surface area contributed by atoms with Crippen molar-refractivity contribution in [3.63, 3.8) is 0 Å². The minimum absolute atomic E-state index is 0.191. The zero-order valence-corrected chi connectivity index (χ0v) is 23.5. The average Bonchev–Trinajstić information content (AvgIpc) is 3.56. The van der Waals surface area contributed by atoms with Crippen molar-refractivity contribution in [2.24, 2.45) is 17.8 Å². The lowest BCUT2D eigenvalue weighted by Crippen LogP contribution is -2.44. The van der Waals surface area contributed by atoms with E-state index in [4.69, 9.17) is 14.5 Å². The first kappa shape index (κ1) is 26.8. The smallest absolute Gasteiger partial charge is 0.307 e. The molecule has 2 aliphatic heterocycles. The van der Waals surface area contributed by atoms with Crippen molar-refractivity contribution in [1.29, 1.82) is 5.26 Å². The lowest BCUT2D eigenvalue weighted by molar-refractivity contribution is -0.144. The molecular weight excluding hydrogens is 524 g/mol. The highest BCUT2D eigenvalue weighted by molar-refractivity contribution is 7.14. The zero-order chi connectivity index (χ0) is 27.6. The molecule has 1 N–H and O–H groups in total. The molecule has 1 saturated carbocycles. The number of carboxylic acid groups (broad SMARTS) is 1. The quantitative estimate of drug-likeness (QED) is 0.415. The maximum Gasteiger partial charge on any atom is 0.307 e. The van der Waals surface area contributed by atoms with Gasteiger partial charge in [-0.3, -0.25) is 9.69 Å². The highest BCUT2D eigenvalue weighted by atomic mass is 32.1. The summed E-state index contributed by atoms with van der Waals surface area (Å²) in [7, 11) is 0. The van der Waals surface area contributed by atoms with Gasteiger partial charge in [0.05, 0.1) is 36.5 Å². The van der Waals surface area contributed by atoms with Gasteiger partial charge in [0.2, 0.25) is 0 Å². The van der Waals surface area contributed by atoms with Gasteiger partial charge < -0.3 is 19.5 Å². The lowest BCUT2D eigenvalue weighted by atomic mass is 9.85. The van der Waals surface area contributed by atoms with E-state index in [0.29, 0.717) is 12.2 Å². The fourth-order valence-electron chi connectivity index (χ4n) is 6.41. The summed E-state index contributed by atoms with van der Waals surface area (Å²) >= 11 is 1.60. The standard InChI is InChI=1S/C31H34N4O4S/c1-20-2-7-28(39-18-24-4-3-21(13-25(24)14-32)15-34-8-10-38-11-9-34)26(12-20)27-19-40-31(33-27)35-16-22-5-6-23(17-35)29(22)30(36)37/h2-4,7,12-13,19,22-23,29H,5-6,8-11,15-18H2,1H3,(H,36,37)/t22-,23?,29?/m0/s1. The van der Waals surface area contributed by atoms with Gasteiger partial charge in [-0.1, -0.05) is 23.8 Å². The molecule has 1 aromatic heterocycles. The number of carboxylic acids is 1. The summed E-state index contributed by atoms with van der Waals surface area (Å²) in [5.41, 5.74) is 5.50. The molecule has 0 spiro atoms. The van der Waals surface area contributed by atoms with E-state index >= 15 is 0 Å². The van der Waals surface area contributed by atoms with E-state index in [9.17, 15) is 15.2 Å². The summed E-state index contributed by atoms with van der Waals surface area (Å²) in [4.78, 5) is 21.3. The van der Waals surface area contributed by atoms with E-state index in [0.717, 1.165) is 97.6 Å². The van der Waals surface area contributed by atoms with Crippen molar-refractivity contribution in [3.8, 4) is 23.1 Å². The van der Waals surface area contributed by atoms with Crippen molar-refractivity contribution in [2.45, 2.75) is 32.9 Å². The second-order valence-corrected chi connectivity index (χ2v) is 12.0. The molecule has 208 valence electrons. The number of carbonyl (C=O) groups is 1. The monoisotopic (exact) mass is 558 g/mol. The fourth-order valence-corrected chi connectivity index (χ4v) is 7.26. The summed E-state index contributed by atoms with van der Waals surface area (Å²) in [6, 6.07) is 14.5. The summed E-state index contributed by atoms with van der Waals surface area (Å²) in [5, 5.41) is 22.5. The predicted octanol–water partition coefficient (Wildman–Crippen LogP) is 4.95. The Kier molecular flexibility index (Phi) is 7.74. The molecule has 9 heteroatoms. The van der Waals surface area contributed by atoms with Crippen LogP contribution in [-0.4, -0.2) is 60.4 Å². The first-order chi connectivity index (χ1) is 19.5. The maximum atomic E-state index is 11.7. The van der Waals surface area contributed by atoms with Crippen molar-refractivity contribution >= 4 is 22.4 Å². The van der Waals surface area contributed by atoms with Gasteiger partial charge in [0.25, 0.3) is 0 Å². The lowest BCUT2D eigenvalue weighted by Gasteiger charge is -2.35. The van der Waals surface area contributed by atoms with Crippen molar-refractivity contribution in [3.05, 3.63) is 64.0 Å². The van der Waals surface area contributed by atoms with Gasteiger partial charge in [-0.15, -0.1) is 11.3 Å². The van der Waals surface area contributed by atoms with Gasteiger partial charge in [0, 0.05) is 49.2 Å². The van der Waals surface area contributed by atoms with Crippen LogP contribution in [0.2, 0.25) is 0 Å². The number of rotatable bonds is 8. The number of ether oxygens (including phenoxy) is 2. The Morgan fingerprint density at radius 2 is 1.95 bits per heavy atom. The van der Waals surface area contributed by atoms with Crippen LogP contribution < -0.4 is 9.64 Å². The molecule has 2 saturated heterocycles. The summed E-state index contributed by atoms with van der Waals surface area (Å²) in [5.74, 6) is 0.236. The summed E-state index contributed by atoms with van der Waals surface area (Å²) in [6.45, 7) is 7.96. The molecule has 40 heavy (non-hydrogen) atoms. The molecule has 3 aliphatic rings. The first-order valence-corrected chi connectivity index (χ1v) is 14.9. The number of fused-ring (bicyclic) bond motifs is 2. The predicted molar refractivity (Wildman–Crippen MR) is 153 cm³/mol. The molecule has 3 heterocycles. The molecule has 1 aliphatic carbocycles. The Labute approximate surface area is 238 Å². The van der Waals surface area contributed by atoms with E-state index in [1.807, 2.05) is 24.3 Å². The second kappa shape index (κ2) is 11.6. The Balaban J connectivity index is 1.17. The fraction of sp³-hybridized carbons (Fsp3) is 0.452. The average molecular weight is 559 g/mol. The number of nitriles is 1. The Hall–Kier alpha value is -3.45. The van der Waals surface area contributed by atoms with Crippen LogP contribution in [0.5, 0.6) is 5.75 Å². The number of aliphatic carboxylic acids is 1. The maximum absolute atomic E-state index is 11.7. The normalized spacial score (nSPS) is 22.7. The van der Waals surface area contributed by atoms with Gasteiger partial charge in [-0.05, 0) is 55.4 Å². The number of morpholine rings is 1. The van der Waals surface area contributed by atoms with E-state index < -0.39 is 5.97 Å². The number of hydrogen-bond acceptors (Lipinski definition) is 8. The molecule has 6 rings (SSSR count). The van der Waals surface area contributed by atoms with Crippen LogP contribution >= 0.6 is 11.3 Å². The van der Waals surface area contributed by atoms with Crippen molar-refractivity contribution < 1.29 is 19.4 Å². The number of piperidine rings is 1. The molecule has 0 radical (unpaired) electrons. The van der Waals surface area contributed by atoms with Crippen LogP contribution in [0.3, 0.4) is 0 Å². The zero-order valence-electron chi connectivity index (χ0n) is 22.7. The third-order valence-electron chi connectivity index (χ3n) is 8.48. The number of nitrogens with zero attached hydrogens (tertiary/aromatic N) is 4. The topological polar surface area (TPSA) is 98.9 Å². The van der Waals surface area contributed by atoms with E-state index in [1.54, 1.807) is 11.3 Å². The van der Waals surface area contributed by atoms with E-state index in [-0.39, 0.29) is 17.8 Å². The van der Waals surface area contributed by atoms with Gasteiger partial charge in [-0.2, -0.15) is 5.26 Å². The van der Waals surface area contributed by atoms with Crippen LogP contribution in [0.4, 0.5) is 5.13 Å². The number of benzene rings is 2. The molecule has 8 nitrogen and oxygen atoms in total. The van der Waals surface area contributed by atoms with Crippen LogP contribution in [0.1, 0.15) is 35.1 Å².